The van der Waals surface area contributed by atoms with E-state index in [4.69, 9.17) is 5.14 Å². The highest BCUT2D eigenvalue weighted by molar-refractivity contribution is 7.89. The average molecular weight is 237 g/mol. The lowest BCUT2D eigenvalue weighted by Gasteiger charge is -2.00. The molecule has 3 nitrogen and oxygen atoms in total. The number of benzene rings is 1. The molecule has 0 saturated heterocycles. The first-order valence-electron chi connectivity index (χ1n) is 5.16. The van der Waals surface area contributed by atoms with Crippen molar-refractivity contribution in [2.75, 3.05) is 0 Å². The molecular weight excluding hydrogens is 222 g/mol. The van der Waals surface area contributed by atoms with Crippen molar-refractivity contribution in [2.45, 2.75) is 31.1 Å². The third kappa shape index (κ3) is 3.69. The minimum absolute atomic E-state index is 0.0963. The Kier molecular flexibility index (Phi) is 4.53. The van der Waals surface area contributed by atoms with Crippen molar-refractivity contribution in [3.8, 4) is 11.8 Å². The Balaban J connectivity index is 3.00. The Bertz CT molecular complexity index is 509. The van der Waals surface area contributed by atoms with Crippen molar-refractivity contribution in [1.82, 2.24) is 0 Å². The van der Waals surface area contributed by atoms with E-state index < -0.39 is 10.0 Å². The van der Waals surface area contributed by atoms with Crippen LogP contribution >= 0.6 is 0 Å². The highest BCUT2D eigenvalue weighted by atomic mass is 32.2. The van der Waals surface area contributed by atoms with E-state index in [1.165, 1.54) is 6.07 Å². The van der Waals surface area contributed by atoms with Gasteiger partial charge in [0.25, 0.3) is 0 Å². The molecule has 0 amide bonds. The van der Waals surface area contributed by atoms with Crippen molar-refractivity contribution in [1.29, 1.82) is 0 Å². The zero-order valence-electron chi connectivity index (χ0n) is 9.23. The van der Waals surface area contributed by atoms with Crippen molar-refractivity contribution in [3.63, 3.8) is 0 Å². The molecule has 86 valence electrons. The molecule has 0 radical (unpaired) electrons. The molecule has 0 saturated carbocycles. The monoisotopic (exact) mass is 237 g/mol. The van der Waals surface area contributed by atoms with E-state index >= 15 is 0 Å². The van der Waals surface area contributed by atoms with E-state index in [0.717, 1.165) is 19.3 Å². The Labute approximate surface area is 96.7 Å². The van der Waals surface area contributed by atoms with Crippen molar-refractivity contribution < 1.29 is 8.42 Å². The summed E-state index contributed by atoms with van der Waals surface area (Å²) in [6.07, 6.45) is 2.87. The first kappa shape index (κ1) is 12.8. The van der Waals surface area contributed by atoms with Gasteiger partial charge in [-0.2, -0.15) is 0 Å². The number of sulfonamides is 1. The minimum Gasteiger partial charge on any atom is -0.225 e. The predicted octanol–water partition coefficient (Wildman–Crippen LogP) is 1.88. The van der Waals surface area contributed by atoms with Gasteiger partial charge in [-0.3, -0.25) is 0 Å². The second-order valence-electron chi connectivity index (χ2n) is 3.45. The molecule has 2 N–H and O–H groups in total. The smallest absolute Gasteiger partial charge is 0.225 e. The lowest BCUT2D eigenvalue weighted by Crippen LogP contribution is -2.13. The summed E-state index contributed by atoms with van der Waals surface area (Å²) in [4.78, 5) is 0.0963. The van der Waals surface area contributed by atoms with Crippen molar-refractivity contribution in [3.05, 3.63) is 29.8 Å². The van der Waals surface area contributed by atoms with Gasteiger partial charge in [0, 0.05) is 12.0 Å². The number of nitrogens with two attached hydrogens (primary N) is 1. The van der Waals surface area contributed by atoms with Crippen LogP contribution in [0.1, 0.15) is 31.7 Å². The Morgan fingerprint density at radius 1 is 1.31 bits per heavy atom. The quantitative estimate of drug-likeness (QED) is 0.644. The van der Waals surface area contributed by atoms with Gasteiger partial charge >= 0.3 is 0 Å². The second kappa shape index (κ2) is 5.69. The minimum atomic E-state index is -3.68. The lowest BCUT2D eigenvalue weighted by molar-refractivity contribution is 0.597. The molecule has 4 heteroatoms. The number of hydrogen-bond donors (Lipinski definition) is 1. The third-order valence-electron chi connectivity index (χ3n) is 2.07. The molecule has 0 aliphatic heterocycles. The molecule has 0 unspecified atom stereocenters. The fourth-order valence-electron chi connectivity index (χ4n) is 1.24. The van der Waals surface area contributed by atoms with Gasteiger partial charge in [-0.15, -0.1) is 0 Å². The van der Waals surface area contributed by atoms with Gasteiger partial charge in [0.2, 0.25) is 10.0 Å². The van der Waals surface area contributed by atoms with Crippen LogP contribution in [0.3, 0.4) is 0 Å². The molecule has 0 bridgehead atoms. The topological polar surface area (TPSA) is 60.2 Å². The maximum absolute atomic E-state index is 11.3. The van der Waals surface area contributed by atoms with Crippen LogP contribution in [0, 0.1) is 11.8 Å². The Morgan fingerprint density at radius 3 is 2.62 bits per heavy atom. The molecule has 0 spiro atoms. The number of hydrogen-bond acceptors (Lipinski definition) is 2. The van der Waals surface area contributed by atoms with E-state index in [2.05, 4.69) is 18.8 Å². The Morgan fingerprint density at radius 2 is 2.00 bits per heavy atom. The Hall–Kier alpha value is -1.31. The average Bonchev–Trinajstić information content (AvgIpc) is 2.24. The molecule has 16 heavy (non-hydrogen) atoms. The first-order valence-corrected chi connectivity index (χ1v) is 6.71. The summed E-state index contributed by atoms with van der Waals surface area (Å²) in [5, 5.41) is 5.09. The summed E-state index contributed by atoms with van der Waals surface area (Å²) in [6, 6.07) is 6.52. The van der Waals surface area contributed by atoms with Crippen LogP contribution in [0.5, 0.6) is 0 Å². The van der Waals surface area contributed by atoms with E-state index in [-0.39, 0.29) is 4.90 Å². The van der Waals surface area contributed by atoms with E-state index in [9.17, 15) is 8.42 Å². The maximum Gasteiger partial charge on any atom is 0.239 e. The van der Waals surface area contributed by atoms with Crippen molar-refractivity contribution >= 4 is 10.0 Å². The van der Waals surface area contributed by atoms with Crippen LogP contribution in [-0.2, 0) is 10.0 Å². The summed E-state index contributed by atoms with van der Waals surface area (Å²) in [6.45, 7) is 2.08. The van der Waals surface area contributed by atoms with Gasteiger partial charge in [0.15, 0.2) is 0 Å². The summed E-state index contributed by atoms with van der Waals surface area (Å²) in [7, 11) is -3.68. The fourth-order valence-corrected chi connectivity index (χ4v) is 1.93. The highest BCUT2D eigenvalue weighted by Crippen LogP contribution is 2.12. The van der Waals surface area contributed by atoms with Gasteiger partial charge < -0.3 is 0 Å². The van der Waals surface area contributed by atoms with E-state index in [1.807, 2.05) is 0 Å². The molecule has 1 rings (SSSR count). The summed E-state index contributed by atoms with van der Waals surface area (Å²) in [5.41, 5.74) is 0.473. The van der Waals surface area contributed by atoms with Crippen LogP contribution in [-0.4, -0.2) is 8.42 Å². The predicted molar refractivity (Wildman–Crippen MR) is 64.2 cm³/mol. The van der Waals surface area contributed by atoms with Crippen molar-refractivity contribution in [2.24, 2.45) is 5.14 Å². The molecule has 0 aromatic heterocycles. The van der Waals surface area contributed by atoms with Crippen LogP contribution < -0.4 is 5.14 Å². The third-order valence-corrected chi connectivity index (χ3v) is 3.04. The van der Waals surface area contributed by atoms with Gasteiger partial charge in [0.05, 0.1) is 4.90 Å². The largest absolute Gasteiger partial charge is 0.239 e. The number of rotatable bonds is 3. The molecule has 0 atom stereocenters. The van der Waals surface area contributed by atoms with Crippen LogP contribution in [0.2, 0.25) is 0 Å². The van der Waals surface area contributed by atoms with Gasteiger partial charge in [-0.25, -0.2) is 13.6 Å². The van der Waals surface area contributed by atoms with Crippen LogP contribution in [0.15, 0.2) is 29.2 Å². The fraction of sp³-hybridized carbons (Fsp3) is 0.333. The molecule has 0 aliphatic carbocycles. The maximum atomic E-state index is 11.3. The summed E-state index contributed by atoms with van der Waals surface area (Å²) < 4.78 is 22.5. The lowest BCUT2D eigenvalue weighted by atomic mass is 10.2. The standard InChI is InChI=1S/C12H15NO2S/c1-2-3-4-5-8-11-9-6-7-10-12(11)16(13,14)15/h6-7,9-10H,2-4H2,1H3,(H2,13,14,15). The summed E-state index contributed by atoms with van der Waals surface area (Å²) >= 11 is 0. The molecule has 1 aromatic rings. The molecule has 0 fully saturated rings. The zero-order valence-corrected chi connectivity index (χ0v) is 10.0. The molecule has 0 aliphatic rings. The van der Waals surface area contributed by atoms with E-state index in [1.54, 1.807) is 18.2 Å². The van der Waals surface area contributed by atoms with Gasteiger partial charge in [-0.05, 0) is 18.6 Å². The van der Waals surface area contributed by atoms with Crippen LogP contribution in [0.4, 0.5) is 0 Å². The zero-order chi connectivity index (χ0) is 12.0. The number of unbranched alkanes of at least 4 members (excludes halogenated alkanes) is 2. The normalized spacial score (nSPS) is 10.6. The highest BCUT2D eigenvalue weighted by Gasteiger charge is 2.10. The first-order chi connectivity index (χ1) is 7.55. The molecule has 1 aromatic carbocycles. The molecular formula is C12H15NO2S. The van der Waals surface area contributed by atoms with Crippen LogP contribution in [0.25, 0.3) is 0 Å². The van der Waals surface area contributed by atoms with Gasteiger partial charge in [0.1, 0.15) is 0 Å². The number of primary sulfonamides is 1. The molecule has 0 heterocycles. The summed E-state index contributed by atoms with van der Waals surface area (Å²) in [5.74, 6) is 5.79. The second-order valence-corrected chi connectivity index (χ2v) is 4.98. The van der Waals surface area contributed by atoms with Gasteiger partial charge in [-0.1, -0.05) is 37.3 Å². The van der Waals surface area contributed by atoms with E-state index in [0.29, 0.717) is 5.56 Å². The SMILES string of the molecule is CCCCC#Cc1ccccc1S(N)(=O)=O.